The van der Waals surface area contributed by atoms with E-state index < -0.39 is 5.82 Å². The van der Waals surface area contributed by atoms with Crippen molar-refractivity contribution in [1.29, 1.82) is 0 Å². The summed E-state index contributed by atoms with van der Waals surface area (Å²) >= 11 is 0. The van der Waals surface area contributed by atoms with Gasteiger partial charge in [-0.2, -0.15) is 5.10 Å². The van der Waals surface area contributed by atoms with E-state index in [1.807, 2.05) is 6.92 Å². The maximum atomic E-state index is 14.1. The van der Waals surface area contributed by atoms with E-state index in [2.05, 4.69) is 5.10 Å². The number of carbonyl (C=O) groups excluding carboxylic acids is 1. The standard InChI is InChI=1S/C18H18FN3O3/c1-12-9-16(20-21(12)2)18(23)22(11-14-5-4-8-25-14)13-6-7-17(24-3)15(19)10-13/h4-10H,11H2,1-3H3. The number of furan rings is 1. The predicted molar refractivity (Wildman–Crippen MR) is 90.1 cm³/mol. The molecule has 0 aliphatic heterocycles. The predicted octanol–water partition coefficient (Wildman–Crippen LogP) is 3.32. The van der Waals surface area contributed by atoms with E-state index in [-0.39, 0.29) is 23.9 Å². The number of nitrogens with zero attached hydrogens (tertiary/aromatic N) is 3. The van der Waals surface area contributed by atoms with Gasteiger partial charge in [0.05, 0.1) is 19.9 Å². The topological polar surface area (TPSA) is 60.5 Å². The Morgan fingerprint density at radius 1 is 1.36 bits per heavy atom. The third-order valence-electron chi connectivity index (χ3n) is 3.92. The van der Waals surface area contributed by atoms with Crippen molar-refractivity contribution in [2.75, 3.05) is 12.0 Å². The maximum Gasteiger partial charge on any atom is 0.279 e. The van der Waals surface area contributed by atoms with Gasteiger partial charge in [0, 0.05) is 24.5 Å². The van der Waals surface area contributed by atoms with E-state index in [0.29, 0.717) is 11.4 Å². The fourth-order valence-corrected chi connectivity index (χ4v) is 2.47. The van der Waals surface area contributed by atoms with Crippen LogP contribution >= 0.6 is 0 Å². The van der Waals surface area contributed by atoms with Crippen LogP contribution in [0.1, 0.15) is 21.9 Å². The number of hydrogen-bond donors (Lipinski definition) is 0. The van der Waals surface area contributed by atoms with Crippen molar-refractivity contribution in [3.05, 3.63) is 65.6 Å². The molecule has 1 aromatic carbocycles. The van der Waals surface area contributed by atoms with Gasteiger partial charge in [-0.3, -0.25) is 14.4 Å². The summed E-state index contributed by atoms with van der Waals surface area (Å²) in [6.07, 6.45) is 1.53. The molecule has 3 rings (SSSR count). The Morgan fingerprint density at radius 2 is 2.16 bits per heavy atom. The zero-order valence-electron chi connectivity index (χ0n) is 14.2. The Balaban J connectivity index is 2.00. The minimum Gasteiger partial charge on any atom is -0.494 e. The first-order chi connectivity index (χ1) is 12.0. The average Bonchev–Trinajstić information content (AvgIpc) is 3.22. The molecule has 6 nitrogen and oxygen atoms in total. The normalized spacial score (nSPS) is 10.7. The van der Waals surface area contributed by atoms with Crippen LogP contribution in [0.2, 0.25) is 0 Å². The molecule has 0 unspecified atom stereocenters. The number of rotatable bonds is 5. The van der Waals surface area contributed by atoms with Crippen LogP contribution in [0, 0.1) is 12.7 Å². The second-order valence-corrected chi connectivity index (χ2v) is 5.58. The minimum atomic E-state index is -0.547. The maximum absolute atomic E-state index is 14.1. The first-order valence-electron chi connectivity index (χ1n) is 7.68. The molecule has 0 aliphatic rings. The van der Waals surface area contributed by atoms with Crippen LogP contribution in [-0.2, 0) is 13.6 Å². The molecule has 1 amide bonds. The Labute approximate surface area is 144 Å². The molecule has 0 saturated carbocycles. The van der Waals surface area contributed by atoms with Crippen LogP contribution in [-0.4, -0.2) is 22.8 Å². The number of aromatic nitrogens is 2. The van der Waals surface area contributed by atoms with Gasteiger partial charge in [0.1, 0.15) is 5.76 Å². The van der Waals surface area contributed by atoms with Gasteiger partial charge in [-0.1, -0.05) is 0 Å². The summed E-state index contributed by atoms with van der Waals surface area (Å²) in [6.45, 7) is 2.01. The van der Waals surface area contributed by atoms with E-state index >= 15 is 0 Å². The van der Waals surface area contributed by atoms with E-state index in [1.165, 1.54) is 30.4 Å². The van der Waals surface area contributed by atoms with Crippen molar-refractivity contribution in [3.8, 4) is 5.75 Å². The fourth-order valence-electron chi connectivity index (χ4n) is 2.47. The van der Waals surface area contributed by atoms with Crippen molar-refractivity contribution in [2.24, 2.45) is 7.05 Å². The van der Waals surface area contributed by atoms with Crippen LogP contribution in [0.4, 0.5) is 10.1 Å². The zero-order valence-corrected chi connectivity index (χ0v) is 14.2. The van der Waals surface area contributed by atoms with Gasteiger partial charge in [-0.15, -0.1) is 0 Å². The molecule has 0 spiro atoms. The summed E-state index contributed by atoms with van der Waals surface area (Å²) < 4.78 is 26.0. The quantitative estimate of drug-likeness (QED) is 0.713. The van der Waals surface area contributed by atoms with E-state index in [0.717, 1.165) is 5.69 Å². The number of ether oxygens (including phenoxy) is 1. The number of halogens is 1. The lowest BCUT2D eigenvalue weighted by atomic mass is 10.2. The molecule has 0 aliphatic carbocycles. The number of hydrogen-bond acceptors (Lipinski definition) is 4. The Morgan fingerprint density at radius 3 is 2.72 bits per heavy atom. The summed E-state index contributed by atoms with van der Waals surface area (Å²) in [7, 11) is 3.15. The molecule has 0 bridgehead atoms. The van der Waals surface area contributed by atoms with Gasteiger partial charge in [-0.25, -0.2) is 4.39 Å². The SMILES string of the molecule is COc1ccc(N(Cc2ccco2)C(=O)c2cc(C)n(C)n2)cc1F. The Kier molecular flexibility index (Phi) is 4.56. The summed E-state index contributed by atoms with van der Waals surface area (Å²) in [4.78, 5) is 14.4. The summed E-state index contributed by atoms with van der Waals surface area (Å²) in [5.41, 5.74) is 1.52. The molecular formula is C18H18FN3O3. The van der Waals surface area contributed by atoms with Crippen LogP contribution in [0.5, 0.6) is 5.75 Å². The highest BCUT2D eigenvalue weighted by Gasteiger charge is 2.23. The molecule has 130 valence electrons. The highest BCUT2D eigenvalue weighted by Crippen LogP contribution is 2.26. The molecule has 0 fully saturated rings. The van der Waals surface area contributed by atoms with E-state index in [4.69, 9.17) is 9.15 Å². The van der Waals surface area contributed by atoms with Crippen molar-refractivity contribution in [1.82, 2.24) is 9.78 Å². The number of amides is 1. The lowest BCUT2D eigenvalue weighted by molar-refractivity contribution is 0.0977. The zero-order chi connectivity index (χ0) is 18.0. The lowest BCUT2D eigenvalue weighted by Gasteiger charge is -2.21. The number of carbonyl (C=O) groups is 1. The van der Waals surface area contributed by atoms with Crippen LogP contribution in [0.25, 0.3) is 0 Å². The summed E-state index contributed by atoms with van der Waals surface area (Å²) in [6, 6.07) is 9.55. The largest absolute Gasteiger partial charge is 0.494 e. The van der Waals surface area contributed by atoms with Gasteiger partial charge in [0.25, 0.3) is 5.91 Å². The fraction of sp³-hybridized carbons (Fsp3) is 0.222. The van der Waals surface area contributed by atoms with Gasteiger partial charge in [0.2, 0.25) is 0 Å². The number of methoxy groups -OCH3 is 1. The van der Waals surface area contributed by atoms with Crippen molar-refractivity contribution in [3.63, 3.8) is 0 Å². The van der Waals surface area contributed by atoms with Crippen LogP contribution in [0.15, 0.2) is 47.1 Å². The summed E-state index contributed by atoms with van der Waals surface area (Å²) in [5, 5.41) is 4.22. The molecular weight excluding hydrogens is 325 g/mol. The van der Waals surface area contributed by atoms with Crippen LogP contribution < -0.4 is 9.64 Å². The van der Waals surface area contributed by atoms with Gasteiger partial charge in [0.15, 0.2) is 17.3 Å². The van der Waals surface area contributed by atoms with E-state index in [9.17, 15) is 9.18 Å². The first-order valence-corrected chi connectivity index (χ1v) is 7.68. The summed E-state index contributed by atoms with van der Waals surface area (Å²) in [5.74, 6) is -0.195. The van der Waals surface area contributed by atoms with Gasteiger partial charge < -0.3 is 9.15 Å². The molecule has 0 N–H and O–H groups in total. The molecule has 2 aromatic heterocycles. The molecule has 3 aromatic rings. The smallest absolute Gasteiger partial charge is 0.279 e. The van der Waals surface area contributed by atoms with Crippen molar-refractivity contribution >= 4 is 11.6 Å². The molecule has 2 heterocycles. The Bertz CT molecular complexity index is 868. The average molecular weight is 343 g/mol. The van der Waals surface area contributed by atoms with Crippen LogP contribution in [0.3, 0.4) is 0 Å². The van der Waals surface area contributed by atoms with Gasteiger partial charge >= 0.3 is 0 Å². The highest BCUT2D eigenvalue weighted by atomic mass is 19.1. The van der Waals surface area contributed by atoms with Gasteiger partial charge in [-0.05, 0) is 37.3 Å². The molecule has 0 radical (unpaired) electrons. The molecule has 0 saturated heterocycles. The first kappa shape index (κ1) is 16.8. The van der Waals surface area contributed by atoms with E-state index in [1.54, 1.807) is 36.0 Å². The third kappa shape index (κ3) is 3.40. The lowest BCUT2D eigenvalue weighted by Crippen LogP contribution is -2.30. The number of aryl methyl sites for hydroxylation is 2. The monoisotopic (exact) mass is 343 g/mol. The number of anilines is 1. The van der Waals surface area contributed by atoms with Crippen molar-refractivity contribution < 1.29 is 18.3 Å². The molecule has 7 heteroatoms. The second-order valence-electron chi connectivity index (χ2n) is 5.58. The minimum absolute atomic E-state index is 0.114. The molecule has 25 heavy (non-hydrogen) atoms. The number of benzene rings is 1. The third-order valence-corrected chi connectivity index (χ3v) is 3.92. The molecule has 0 atom stereocenters. The second kappa shape index (κ2) is 6.80. The highest BCUT2D eigenvalue weighted by molar-refractivity contribution is 6.04. The van der Waals surface area contributed by atoms with Crippen molar-refractivity contribution in [2.45, 2.75) is 13.5 Å². The Hall–Kier alpha value is -3.09.